The first kappa shape index (κ1) is 11.6. The Morgan fingerprint density at radius 2 is 2.21 bits per heavy atom. The molecular formula is C7H14N2O3S2. The van der Waals surface area contributed by atoms with Crippen LogP contribution in [0.15, 0.2) is 0 Å². The van der Waals surface area contributed by atoms with Crippen LogP contribution in [-0.4, -0.2) is 56.1 Å². The third kappa shape index (κ3) is 2.54. The monoisotopic (exact) mass is 238 g/mol. The molecule has 14 heavy (non-hydrogen) atoms. The van der Waals surface area contributed by atoms with Gasteiger partial charge >= 0.3 is 6.03 Å². The quantitative estimate of drug-likeness (QED) is 0.684. The zero-order valence-corrected chi connectivity index (χ0v) is 9.82. The van der Waals surface area contributed by atoms with E-state index in [9.17, 15) is 13.2 Å². The van der Waals surface area contributed by atoms with Crippen LogP contribution in [0.1, 0.15) is 0 Å². The van der Waals surface area contributed by atoms with Crippen molar-refractivity contribution in [2.75, 3.05) is 31.4 Å². The minimum atomic E-state index is -3.19. The summed E-state index contributed by atoms with van der Waals surface area (Å²) < 4.78 is 22.8. The Morgan fingerprint density at radius 3 is 2.71 bits per heavy atom. The lowest BCUT2D eigenvalue weighted by molar-refractivity contribution is 0.199. The number of sulfone groups is 1. The number of amides is 2. The number of hydrogen-bond donors (Lipinski definition) is 1. The Balaban J connectivity index is 2.85. The number of carbonyl (C=O) groups is 1. The van der Waals surface area contributed by atoms with Crippen molar-refractivity contribution in [2.24, 2.45) is 0 Å². The van der Waals surface area contributed by atoms with Crippen LogP contribution < -0.4 is 5.32 Å². The first-order valence-electron chi connectivity index (χ1n) is 4.22. The standard InChI is InChI=1S/C7H14N2O3S2/c1-8-7(10)9-3-4-13-5-6(9)14(2,11)12/h6H,3-5H2,1-2H3,(H,8,10). The number of carbonyl (C=O) groups excluding carboxylic acids is 1. The van der Waals surface area contributed by atoms with Crippen LogP contribution in [0.3, 0.4) is 0 Å². The van der Waals surface area contributed by atoms with Crippen LogP contribution in [0.2, 0.25) is 0 Å². The summed E-state index contributed by atoms with van der Waals surface area (Å²) >= 11 is 1.56. The predicted octanol–water partition coefficient (Wildman–Crippen LogP) is -0.255. The average molecular weight is 238 g/mol. The highest BCUT2D eigenvalue weighted by Gasteiger charge is 2.33. The molecule has 1 aliphatic heterocycles. The van der Waals surface area contributed by atoms with Crippen LogP contribution in [0, 0.1) is 0 Å². The van der Waals surface area contributed by atoms with Gasteiger partial charge in [-0.3, -0.25) is 0 Å². The number of nitrogens with zero attached hydrogens (tertiary/aromatic N) is 1. The second-order valence-corrected chi connectivity index (χ2v) is 6.46. The van der Waals surface area contributed by atoms with E-state index in [1.807, 2.05) is 0 Å². The zero-order valence-electron chi connectivity index (χ0n) is 8.19. The number of rotatable bonds is 1. The van der Waals surface area contributed by atoms with Crippen LogP contribution in [0.25, 0.3) is 0 Å². The molecule has 0 aromatic rings. The molecule has 1 heterocycles. The molecule has 0 aromatic carbocycles. The van der Waals surface area contributed by atoms with Gasteiger partial charge in [0, 0.05) is 31.4 Å². The molecule has 1 aliphatic rings. The molecule has 0 saturated carbocycles. The van der Waals surface area contributed by atoms with E-state index in [0.717, 1.165) is 5.75 Å². The van der Waals surface area contributed by atoms with Gasteiger partial charge in [-0.1, -0.05) is 0 Å². The Morgan fingerprint density at radius 1 is 1.57 bits per heavy atom. The normalized spacial score (nSPS) is 23.3. The van der Waals surface area contributed by atoms with Gasteiger partial charge in [0.15, 0.2) is 9.84 Å². The third-order valence-electron chi connectivity index (χ3n) is 2.05. The molecule has 0 radical (unpaired) electrons. The second-order valence-electron chi connectivity index (χ2n) is 3.11. The number of urea groups is 1. The molecule has 1 N–H and O–H groups in total. The van der Waals surface area contributed by atoms with Crippen LogP contribution in [0.5, 0.6) is 0 Å². The minimum Gasteiger partial charge on any atom is -0.341 e. The van der Waals surface area contributed by atoms with E-state index in [4.69, 9.17) is 0 Å². The summed E-state index contributed by atoms with van der Waals surface area (Å²) in [7, 11) is -1.68. The van der Waals surface area contributed by atoms with Gasteiger partial charge in [0.2, 0.25) is 0 Å². The zero-order chi connectivity index (χ0) is 10.8. The Kier molecular flexibility index (Phi) is 3.65. The molecule has 2 amide bonds. The highest BCUT2D eigenvalue weighted by atomic mass is 32.2. The molecule has 1 unspecified atom stereocenters. The van der Waals surface area contributed by atoms with E-state index < -0.39 is 15.2 Å². The predicted molar refractivity (Wildman–Crippen MR) is 57.1 cm³/mol. The highest BCUT2D eigenvalue weighted by Crippen LogP contribution is 2.19. The lowest BCUT2D eigenvalue weighted by Gasteiger charge is -2.33. The van der Waals surface area contributed by atoms with Crippen LogP contribution in [-0.2, 0) is 9.84 Å². The number of thioether (sulfide) groups is 1. The molecule has 1 rings (SSSR count). The Hall–Kier alpha value is -0.430. The summed E-state index contributed by atoms with van der Waals surface area (Å²) in [5.74, 6) is 1.26. The summed E-state index contributed by atoms with van der Waals surface area (Å²) in [5, 5.41) is 1.77. The maximum absolute atomic E-state index is 11.4. The van der Waals surface area contributed by atoms with Crippen molar-refractivity contribution in [1.82, 2.24) is 10.2 Å². The van der Waals surface area contributed by atoms with Crippen molar-refractivity contribution in [3.63, 3.8) is 0 Å². The van der Waals surface area contributed by atoms with Gasteiger partial charge in [0.05, 0.1) is 0 Å². The van der Waals surface area contributed by atoms with Crippen molar-refractivity contribution in [3.05, 3.63) is 0 Å². The Labute approximate surface area is 88.1 Å². The van der Waals surface area contributed by atoms with Gasteiger partial charge in [-0.05, 0) is 0 Å². The summed E-state index contributed by atoms with van der Waals surface area (Å²) in [6.07, 6.45) is 1.17. The molecular weight excluding hydrogens is 224 g/mol. The van der Waals surface area contributed by atoms with Gasteiger partial charge in [-0.15, -0.1) is 0 Å². The van der Waals surface area contributed by atoms with Gasteiger partial charge in [0.1, 0.15) is 5.37 Å². The van der Waals surface area contributed by atoms with E-state index in [0.29, 0.717) is 12.3 Å². The molecule has 1 atom stereocenters. The fourth-order valence-electron chi connectivity index (χ4n) is 1.31. The maximum Gasteiger partial charge on any atom is 0.318 e. The lowest BCUT2D eigenvalue weighted by Crippen LogP contribution is -2.52. The fraction of sp³-hybridized carbons (Fsp3) is 0.857. The van der Waals surface area contributed by atoms with E-state index in [1.165, 1.54) is 18.2 Å². The summed E-state index contributed by atoms with van der Waals surface area (Å²) in [4.78, 5) is 12.7. The van der Waals surface area contributed by atoms with E-state index in [-0.39, 0.29) is 6.03 Å². The SMILES string of the molecule is CNC(=O)N1CCSCC1S(C)(=O)=O. The smallest absolute Gasteiger partial charge is 0.318 e. The summed E-state index contributed by atoms with van der Waals surface area (Å²) in [5.41, 5.74) is 0. The molecule has 0 aliphatic carbocycles. The van der Waals surface area contributed by atoms with E-state index in [2.05, 4.69) is 5.32 Å². The van der Waals surface area contributed by atoms with E-state index >= 15 is 0 Å². The van der Waals surface area contributed by atoms with Crippen LogP contribution >= 0.6 is 11.8 Å². The summed E-state index contributed by atoms with van der Waals surface area (Å²) in [6.45, 7) is 0.488. The van der Waals surface area contributed by atoms with Gasteiger partial charge in [-0.25, -0.2) is 13.2 Å². The minimum absolute atomic E-state index is 0.319. The maximum atomic E-state index is 11.4. The molecule has 7 heteroatoms. The Bertz CT molecular complexity index is 315. The fourth-order valence-corrected chi connectivity index (χ4v) is 4.13. The molecule has 0 bridgehead atoms. The molecule has 5 nitrogen and oxygen atoms in total. The van der Waals surface area contributed by atoms with Gasteiger partial charge in [0.25, 0.3) is 0 Å². The van der Waals surface area contributed by atoms with Gasteiger partial charge < -0.3 is 10.2 Å². The molecule has 1 fully saturated rings. The van der Waals surface area contributed by atoms with E-state index in [1.54, 1.807) is 11.8 Å². The summed E-state index contributed by atoms with van der Waals surface area (Å²) in [6, 6.07) is -0.319. The third-order valence-corrected chi connectivity index (χ3v) is 4.70. The molecule has 0 spiro atoms. The first-order valence-corrected chi connectivity index (χ1v) is 7.32. The van der Waals surface area contributed by atoms with Crippen molar-refractivity contribution in [1.29, 1.82) is 0 Å². The molecule has 1 saturated heterocycles. The number of nitrogens with one attached hydrogen (secondary N) is 1. The highest BCUT2D eigenvalue weighted by molar-refractivity contribution is 8.00. The van der Waals surface area contributed by atoms with Gasteiger partial charge in [-0.2, -0.15) is 11.8 Å². The largest absolute Gasteiger partial charge is 0.341 e. The van der Waals surface area contributed by atoms with Crippen molar-refractivity contribution < 1.29 is 13.2 Å². The topological polar surface area (TPSA) is 66.5 Å². The first-order chi connectivity index (χ1) is 6.46. The lowest BCUT2D eigenvalue weighted by atomic mass is 10.5. The van der Waals surface area contributed by atoms with Crippen molar-refractivity contribution in [2.45, 2.75) is 5.37 Å². The number of hydrogen-bond acceptors (Lipinski definition) is 4. The second kappa shape index (κ2) is 4.39. The van der Waals surface area contributed by atoms with Crippen molar-refractivity contribution >= 4 is 27.6 Å². The molecule has 82 valence electrons. The average Bonchev–Trinajstić information content (AvgIpc) is 2.15. The molecule has 0 aromatic heterocycles. The van der Waals surface area contributed by atoms with Crippen LogP contribution in [0.4, 0.5) is 4.79 Å². The van der Waals surface area contributed by atoms with Crippen molar-refractivity contribution in [3.8, 4) is 0 Å².